The van der Waals surface area contributed by atoms with Crippen molar-refractivity contribution in [3.63, 3.8) is 0 Å². The van der Waals surface area contributed by atoms with E-state index in [4.69, 9.17) is 5.73 Å². The summed E-state index contributed by atoms with van der Waals surface area (Å²) in [4.78, 5) is 16.5. The van der Waals surface area contributed by atoms with Gasteiger partial charge in [0.2, 0.25) is 10.0 Å². The minimum Gasteiger partial charge on any atom is -0.327 e. The number of imidazole rings is 1. The van der Waals surface area contributed by atoms with Gasteiger partial charge in [-0.2, -0.15) is 4.31 Å². The van der Waals surface area contributed by atoms with Gasteiger partial charge < -0.3 is 15.7 Å². The van der Waals surface area contributed by atoms with Crippen molar-refractivity contribution in [2.75, 3.05) is 13.1 Å². The van der Waals surface area contributed by atoms with Gasteiger partial charge in [0.15, 0.2) is 0 Å². The number of nitrogens with two attached hydrogens (primary N) is 1. The van der Waals surface area contributed by atoms with E-state index in [1.54, 1.807) is 6.07 Å². The zero-order chi connectivity index (χ0) is 14.3. The molecule has 108 valence electrons. The number of benzene rings is 1. The topological polar surface area (TPSA) is 112 Å². The van der Waals surface area contributed by atoms with Crippen molar-refractivity contribution in [3.8, 4) is 0 Å². The molecule has 0 radical (unpaired) electrons. The monoisotopic (exact) mass is 296 g/mol. The van der Waals surface area contributed by atoms with E-state index in [0.717, 1.165) is 12.8 Å². The Kier molecular flexibility index (Phi) is 3.15. The van der Waals surface area contributed by atoms with Gasteiger partial charge in [0.05, 0.1) is 15.9 Å². The number of sulfonamides is 1. The van der Waals surface area contributed by atoms with Crippen molar-refractivity contribution in [2.24, 2.45) is 5.73 Å². The van der Waals surface area contributed by atoms with Crippen molar-refractivity contribution >= 4 is 21.1 Å². The van der Waals surface area contributed by atoms with Crippen molar-refractivity contribution < 1.29 is 8.42 Å². The Morgan fingerprint density at radius 2 is 2.00 bits per heavy atom. The number of piperidine rings is 1. The van der Waals surface area contributed by atoms with Gasteiger partial charge in [-0.15, -0.1) is 0 Å². The number of aromatic amines is 2. The summed E-state index contributed by atoms with van der Waals surface area (Å²) in [5, 5.41) is 0. The average molecular weight is 296 g/mol. The van der Waals surface area contributed by atoms with Crippen LogP contribution >= 0.6 is 0 Å². The number of aromatic nitrogens is 2. The fourth-order valence-corrected chi connectivity index (χ4v) is 4.08. The molecule has 8 heteroatoms. The molecule has 1 fully saturated rings. The van der Waals surface area contributed by atoms with Crippen LogP contribution in [0.3, 0.4) is 0 Å². The first-order valence-corrected chi connectivity index (χ1v) is 7.88. The maximum Gasteiger partial charge on any atom is 0.323 e. The zero-order valence-electron chi connectivity index (χ0n) is 10.8. The molecule has 1 aliphatic rings. The fourth-order valence-electron chi connectivity index (χ4n) is 2.51. The predicted molar refractivity (Wildman–Crippen MR) is 74.9 cm³/mol. The molecule has 0 amide bonds. The molecule has 7 nitrogen and oxygen atoms in total. The van der Waals surface area contributed by atoms with Crippen LogP contribution in [-0.4, -0.2) is 41.8 Å². The van der Waals surface area contributed by atoms with Crippen LogP contribution in [0.5, 0.6) is 0 Å². The lowest BCUT2D eigenvalue weighted by molar-refractivity contribution is 0.316. The Morgan fingerprint density at radius 3 is 2.75 bits per heavy atom. The molecular weight excluding hydrogens is 280 g/mol. The van der Waals surface area contributed by atoms with Crippen molar-refractivity contribution in [1.82, 2.24) is 14.3 Å². The Balaban J connectivity index is 2.01. The van der Waals surface area contributed by atoms with Crippen LogP contribution in [0.4, 0.5) is 0 Å². The Morgan fingerprint density at radius 1 is 1.25 bits per heavy atom. The molecule has 1 aromatic carbocycles. The molecular formula is C12H16N4O3S. The van der Waals surface area contributed by atoms with E-state index in [9.17, 15) is 13.2 Å². The van der Waals surface area contributed by atoms with Crippen molar-refractivity contribution in [1.29, 1.82) is 0 Å². The number of fused-ring (bicyclic) bond motifs is 1. The molecule has 3 rings (SSSR count). The van der Waals surface area contributed by atoms with Gasteiger partial charge in [-0.3, -0.25) is 0 Å². The fraction of sp³-hybridized carbons (Fsp3) is 0.417. The second-order valence-electron chi connectivity index (χ2n) is 5.05. The number of rotatable bonds is 2. The molecule has 0 saturated carbocycles. The summed E-state index contributed by atoms with van der Waals surface area (Å²) in [5.41, 5.74) is 6.55. The molecule has 0 aliphatic carbocycles. The molecule has 2 aromatic rings. The summed E-state index contributed by atoms with van der Waals surface area (Å²) in [7, 11) is -3.56. The Hall–Kier alpha value is -1.64. The smallest absolute Gasteiger partial charge is 0.323 e. The van der Waals surface area contributed by atoms with Crippen LogP contribution in [0.2, 0.25) is 0 Å². The van der Waals surface area contributed by atoms with Gasteiger partial charge in [0.1, 0.15) is 0 Å². The third kappa shape index (κ3) is 2.26. The molecule has 0 bridgehead atoms. The van der Waals surface area contributed by atoms with Crippen LogP contribution in [0.15, 0.2) is 27.9 Å². The van der Waals surface area contributed by atoms with E-state index < -0.39 is 10.0 Å². The minimum absolute atomic E-state index is 0.116. The second kappa shape index (κ2) is 4.72. The molecule has 1 aliphatic heterocycles. The zero-order valence-corrected chi connectivity index (χ0v) is 11.6. The lowest BCUT2D eigenvalue weighted by Gasteiger charge is -2.29. The highest BCUT2D eigenvalue weighted by Gasteiger charge is 2.29. The third-order valence-electron chi connectivity index (χ3n) is 3.55. The number of H-pyrrole nitrogens is 2. The predicted octanol–water partition coefficient (Wildman–Crippen LogP) is -0.0320. The van der Waals surface area contributed by atoms with Gasteiger partial charge in [0.25, 0.3) is 0 Å². The molecule has 1 aromatic heterocycles. The molecule has 0 unspecified atom stereocenters. The van der Waals surface area contributed by atoms with E-state index in [1.807, 2.05) is 0 Å². The number of hydrogen-bond donors (Lipinski definition) is 3. The number of hydrogen-bond acceptors (Lipinski definition) is 4. The summed E-state index contributed by atoms with van der Waals surface area (Å²) >= 11 is 0. The number of nitrogens with one attached hydrogen (secondary N) is 2. The first-order valence-electron chi connectivity index (χ1n) is 6.44. The highest BCUT2D eigenvalue weighted by Crippen LogP contribution is 2.22. The number of nitrogens with zero attached hydrogens (tertiary/aromatic N) is 1. The van der Waals surface area contributed by atoms with Crippen molar-refractivity contribution in [2.45, 2.75) is 23.8 Å². The van der Waals surface area contributed by atoms with Gasteiger partial charge >= 0.3 is 5.69 Å². The Labute approximate surface area is 115 Å². The first kappa shape index (κ1) is 13.3. The normalized spacial score (nSPS) is 21.4. The SMILES string of the molecule is N[C@@H]1CCCN(S(=O)(=O)c2ccc3[nH]c(=O)[nH]c3c2)C1. The third-order valence-corrected chi connectivity index (χ3v) is 5.41. The van der Waals surface area contributed by atoms with E-state index in [-0.39, 0.29) is 16.6 Å². The summed E-state index contributed by atoms with van der Waals surface area (Å²) < 4.78 is 26.5. The van der Waals surface area contributed by atoms with Crippen LogP contribution in [0.1, 0.15) is 12.8 Å². The maximum absolute atomic E-state index is 12.6. The quantitative estimate of drug-likeness (QED) is 0.722. The van der Waals surface area contributed by atoms with Gasteiger partial charge in [0, 0.05) is 19.1 Å². The van der Waals surface area contributed by atoms with Gasteiger partial charge in [-0.1, -0.05) is 0 Å². The Bertz CT molecular complexity index is 792. The lowest BCUT2D eigenvalue weighted by Crippen LogP contribution is -2.45. The van der Waals surface area contributed by atoms with Crippen LogP contribution in [-0.2, 0) is 10.0 Å². The summed E-state index contributed by atoms with van der Waals surface area (Å²) in [6.07, 6.45) is 1.61. The van der Waals surface area contributed by atoms with Crippen LogP contribution in [0, 0.1) is 0 Å². The van der Waals surface area contributed by atoms with E-state index >= 15 is 0 Å². The second-order valence-corrected chi connectivity index (χ2v) is 6.99. The van der Waals surface area contributed by atoms with Gasteiger partial charge in [-0.05, 0) is 31.0 Å². The van der Waals surface area contributed by atoms with E-state index in [2.05, 4.69) is 9.97 Å². The van der Waals surface area contributed by atoms with Crippen LogP contribution < -0.4 is 11.4 Å². The maximum atomic E-state index is 12.6. The average Bonchev–Trinajstić information content (AvgIpc) is 2.77. The van der Waals surface area contributed by atoms with E-state index in [0.29, 0.717) is 24.1 Å². The van der Waals surface area contributed by atoms with Crippen LogP contribution in [0.25, 0.3) is 11.0 Å². The highest BCUT2D eigenvalue weighted by atomic mass is 32.2. The first-order chi connectivity index (χ1) is 9.46. The molecule has 4 N–H and O–H groups in total. The molecule has 1 saturated heterocycles. The minimum atomic E-state index is -3.56. The summed E-state index contributed by atoms with van der Waals surface area (Å²) in [6, 6.07) is 4.45. The van der Waals surface area contributed by atoms with E-state index in [1.165, 1.54) is 16.4 Å². The molecule has 20 heavy (non-hydrogen) atoms. The van der Waals surface area contributed by atoms with Gasteiger partial charge in [-0.25, -0.2) is 13.2 Å². The molecule has 0 spiro atoms. The lowest BCUT2D eigenvalue weighted by atomic mass is 10.1. The van der Waals surface area contributed by atoms with Crippen molar-refractivity contribution in [3.05, 3.63) is 28.7 Å². The summed E-state index contributed by atoms with van der Waals surface area (Å²) in [6.45, 7) is 0.821. The largest absolute Gasteiger partial charge is 0.327 e. The summed E-state index contributed by atoms with van der Waals surface area (Å²) in [5.74, 6) is 0. The molecule has 1 atom stereocenters. The highest BCUT2D eigenvalue weighted by molar-refractivity contribution is 7.89. The standard InChI is InChI=1S/C12H16N4O3S/c13-8-2-1-5-16(7-8)20(18,19)9-3-4-10-11(6-9)15-12(17)14-10/h3-4,6,8H,1-2,5,7,13H2,(H2,14,15,17)/t8-/m1/s1. The molecule has 2 heterocycles.